The Morgan fingerprint density at radius 1 is 1.03 bits per heavy atom. The molecule has 4 rings (SSSR count). The lowest BCUT2D eigenvalue weighted by molar-refractivity contribution is -0.138. The highest BCUT2D eigenvalue weighted by Crippen LogP contribution is 2.33. The number of amides is 3. The maximum atomic E-state index is 13.9. The zero-order valence-electron chi connectivity index (χ0n) is 20.3. The van der Waals surface area contributed by atoms with E-state index in [1.807, 2.05) is 24.0 Å². The van der Waals surface area contributed by atoms with E-state index in [1.165, 1.54) is 11.6 Å². The molecule has 2 aliphatic heterocycles. The minimum atomic E-state index is -0.239. The van der Waals surface area contributed by atoms with Gasteiger partial charge in [0.05, 0.1) is 5.92 Å². The number of hydrogen-bond acceptors (Lipinski definition) is 2. The molecule has 1 N–H and O–H groups in total. The molecule has 3 amide bonds. The van der Waals surface area contributed by atoms with Gasteiger partial charge in [0.2, 0.25) is 5.91 Å². The fourth-order valence-corrected chi connectivity index (χ4v) is 5.43. The summed E-state index contributed by atoms with van der Waals surface area (Å²) < 4.78 is 13.9. The molecule has 2 saturated heterocycles. The van der Waals surface area contributed by atoms with E-state index < -0.39 is 0 Å². The van der Waals surface area contributed by atoms with Crippen molar-refractivity contribution >= 4 is 11.9 Å². The fraction of sp³-hybridized carbons (Fsp3) is 0.500. The van der Waals surface area contributed by atoms with Crippen molar-refractivity contribution in [3.8, 4) is 0 Å². The van der Waals surface area contributed by atoms with E-state index in [0.29, 0.717) is 37.5 Å². The van der Waals surface area contributed by atoms with Crippen LogP contribution in [0.5, 0.6) is 0 Å². The lowest BCUT2D eigenvalue weighted by Crippen LogP contribution is -2.52. The van der Waals surface area contributed by atoms with E-state index in [4.69, 9.17) is 0 Å². The average molecular weight is 466 g/mol. The Morgan fingerprint density at radius 2 is 1.76 bits per heavy atom. The number of aryl methyl sites for hydroxylation is 1. The molecule has 2 fully saturated rings. The Kier molecular flexibility index (Phi) is 7.86. The van der Waals surface area contributed by atoms with Gasteiger partial charge in [-0.1, -0.05) is 42.5 Å². The molecule has 2 heterocycles. The maximum Gasteiger partial charge on any atom is 0.317 e. The average Bonchev–Trinajstić information content (AvgIpc) is 2.86. The standard InChI is InChI=1S/C28H36FN3O2/c1-3-30-28(34)32-18-24(23-9-10-26(29)20(2)15-23)17-25(19-32)27(33)31-13-11-22(12-14-31)16-21-7-5-4-6-8-21/h4-10,15,22,24-25H,3,11-14,16-19H2,1-2H3,(H,30,34). The second-order valence-corrected chi connectivity index (χ2v) is 9.84. The largest absolute Gasteiger partial charge is 0.342 e. The summed E-state index contributed by atoms with van der Waals surface area (Å²) in [6.07, 6.45) is 3.76. The number of carbonyl (C=O) groups excluding carboxylic acids is 2. The van der Waals surface area contributed by atoms with Crippen LogP contribution in [0, 0.1) is 24.6 Å². The van der Waals surface area contributed by atoms with Crippen LogP contribution in [0.1, 0.15) is 48.8 Å². The summed E-state index contributed by atoms with van der Waals surface area (Å²) in [5.41, 5.74) is 2.94. The Bertz CT molecular complexity index is 988. The van der Waals surface area contributed by atoms with Gasteiger partial charge in [-0.15, -0.1) is 0 Å². The predicted molar refractivity (Wildman–Crippen MR) is 132 cm³/mol. The molecule has 0 aliphatic carbocycles. The summed E-state index contributed by atoms with van der Waals surface area (Å²) in [5.74, 6) is 0.291. The Hall–Kier alpha value is -2.89. The first-order valence-electron chi connectivity index (χ1n) is 12.6. The smallest absolute Gasteiger partial charge is 0.317 e. The van der Waals surface area contributed by atoms with Gasteiger partial charge in [0.25, 0.3) is 0 Å². The quantitative estimate of drug-likeness (QED) is 0.693. The molecule has 2 aromatic carbocycles. The number of nitrogens with zero attached hydrogens (tertiary/aromatic N) is 2. The second kappa shape index (κ2) is 11.0. The number of carbonyl (C=O) groups is 2. The van der Waals surface area contributed by atoms with Crippen molar-refractivity contribution in [1.82, 2.24) is 15.1 Å². The van der Waals surface area contributed by atoms with Gasteiger partial charge in [0.1, 0.15) is 5.82 Å². The van der Waals surface area contributed by atoms with Crippen LogP contribution in [0.25, 0.3) is 0 Å². The van der Waals surface area contributed by atoms with E-state index in [1.54, 1.807) is 17.9 Å². The number of rotatable bonds is 5. The van der Waals surface area contributed by atoms with Crippen LogP contribution in [-0.4, -0.2) is 54.5 Å². The van der Waals surface area contributed by atoms with Crippen molar-refractivity contribution in [2.45, 2.75) is 45.4 Å². The molecule has 2 unspecified atom stereocenters. The topological polar surface area (TPSA) is 52.7 Å². The van der Waals surface area contributed by atoms with Gasteiger partial charge in [-0.2, -0.15) is 0 Å². The SMILES string of the molecule is CCNC(=O)N1CC(C(=O)N2CCC(Cc3ccccc3)CC2)CC(c2ccc(F)c(C)c2)C1. The van der Waals surface area contributed by atoms with Gasteiger partial charge in [-0.05, 0) is 68.2 Å². The van der Waals surface area contributed by atoms with Crippen LogP contribution in [0.2, 0.25) is 0 Å². The molecule has 2 aromatic rings. The Balaban J connectivity index is 1.42. The molecular formula is C28H36FN3O2. The zero-order valence-corrected chi connectivity index (χ0v) is 20.3. The highest BCUT2D eigenvalue weighted by Gasteiger charge is 2.37. The number of halogens is 1. The number of nitrogens with one attached hydrogen (secondary N) is 1. The molecule has 0 radical (unpaired) electrons. The van der Waals surface area contributed by atoms with Crippen LogP contribution in [0.4, 0.5) is 9.18 Å². The molecule has 6 heteroatoms. The summed E-state index contributed by atoms with van der Waals surface area (Å²) in [6.45, 7) is 6.72. The lowest BCUT2D eigenvalue weighted by atomic mass is 9.82. The molecule has 182 valence electrons. The molecule has 0 spiro atoms. The van der Waals surface area contributed by atoms with Crippen LogP contribution >= 0.6 is 0 Å². The predicted octanol–water partition coefficient (Wildman–Crippen LogP) is 4.75. The third kappa shape index (κ3) is 5.78. The highest BCUT2D eigenvalue weighted by atomic mass is 19.1. The van der Waals surface area contributed by atoms with Crippen molar-refractivity contribution in [3.05, 3.63) is 71.0 Å². The van der Waals surface area contributed by atoms with Crippen molar-refractivity contribution in [1.29, 1.82) is 0 Å². The third-order valence-corrected chi connectivity index (χ3v) is 7.36. The van der Waals surface area contributed by atoms with E-state index in [2.05, 4.69) is 29.6 Å². The van der Waals surface area contributed by atoms with Crippen molar-refractivity contribution in [2.24, 2.45) is 11.8 Å². The molecule has 0 aromatic heterocycles. The lowest BCUT2D eigenvalue weighted by Gasteiger charge is -2.40. The van der Waals surface area contributed by atoms with Gasteiger partial charge >= 0.3 is 6.03 Å². The Morgan fingerprint density at radius 3 is 2.44 bits per heavy atom. The number of likely N-dealkylation sites (tertiary alicyclic amines) is 2. The number of benzene rings is 2. The Labute approximate surface area is 202 Å². The minimum Gasteiger partial charge on any atom is -0.342 e. The van der Waals surface area contributed by atoms with Crippen molar-refractivity contribution in [3.63, 3.8) is 0 Å². The first-order chi connectivity index (χ1) is 16.4. The first kappa shape index (κ1) is 24.2. The normalized spacial score (nSPS) is 21.4. The van der Waals surface area contributed by atoms with Crippen molar-refractivity contribution < 1.29 is 14.0 Å². The summed E-state index contributed by atoms with van der Waals surface area (Å²) >= 11 is 0. The molecule has 0 saturated carbocycles. The number of urea groups is 1. The highest BCUT2D eigenvalue weighted by molar-refractivity contribution is 5.81. The van der Waals surface area contributed by atoms with Gasteiger partial charge in [-0.3, -0.25) is 4.79 Å². The molecule has 5 nitrogen and oxygen atoms in total. The van der Waals surface area contributed by atoms with Gasteiger partial charge in [-0.25, -0.2) is 9.18 Å². The van der Waals surface area contributed by atoms with Crippen LogP contribution in [0.3, 0.4) is 0 Å². The third-order valence-electron chi connectivity index (χ3n) is 7.36. The fourth-order valence-electron chi connectivity index (χ4n) is 5.43. The van der Waals surface area contributed by atoms with Gasteiger partial charge in [0, 0.05) is 38.6 Å². The molecule has 34 heavy (non-hydrogen) atoms. The molecule has 2 aliphatic rings. The van der Waals surface area contributed by atoms with Crippen molar-refractivity contribution in [2.75, 3.05) is 32.7 Å². The molecular weight excluding hydrogens is 429 g/mol. The van der Waals surface area contributed by atoms with Crippen LogP contribution in [-0.2, 0) is 11.2 Å². The first-order valence-corrected chi connectivity index (χ1v) is 12.6. The number of hydrogen-bond donors (Lipinski definition) is 1. The van der Waals surface area contributed by atoms with Crippen LogP contribution < -0.4 is 5.32 Å². The van der Waals surface area contributed by atoms with Crippen LogP contribution in [0.15, 0.2) is 48.5 Å². The van der Waals surface area contributed by atoms with E-state index >= 15 is 0 Å². The summed E-state index contributed by atoms with van der Waals surface area (Å²) in [6, 6.07) is 15.6. The van der Waals surface area contributed by atoms with E-state index in [-0.39, 0.29) is 29.6 Å². The number of piperidine rings is 2. The summed E-state index contributed by atoms with van der Waals surface area (Å²) in [5, 5.41) is 2.88. The van der Waals surface area contributed by atoms with Gasteiger partial charge < -0.3 is 15.1 Å². The monoisotopic (exact) mass is 465 g/mol. The zero-order chi connectivity index (χ0) is 24.1. The second-order valence-electron chi connectivity index (χ2n) is 9.84. The summed E-state index contributed by atoms with van der Waals surface area (Å²) in [4.78, 5) is 30.0. The molecule has 0 bridgehead atoms. The summed E-state index contributed by atoms with van der Waals surface area (Å²) in [7, 11) is 0. The van der Waals surface area contributed by atoms with E-state index in [9.17, 15) is 14.0 Å². The maximum absolute atomic E-state index is 13.9. The minimum absolute atomic E-state index is 0.0141. The van der Waals surface area contributed by atoms with E-state index in [0.717, 1.165) is 37.9 Å². The molecule has 2 atom stereocenters. The van der Waals surface area contributed by atoms with Gasteiger partial charge in [0.15, 0.2) is 0 Å².